The van der Waals surface area contributed by atoms with E-state index < -0.39 is 0 Å². The number of nitrogens with one attached hydrogen (secondary N) is 3. The zero-order valence-electron chi connectivity index (χ0n) is 10.00. The summed E-state index contributed by atoms with van der Waals surface area (Å²) in [6.07, 6.45) is 3.06. The van der Waals surface area contributed by atoms with Crippen molar-refractivity contribution in [1.82, 2.24) is 20.5 Å². The molecule has 0 spiro atoms. The summed E-state index contributed by atoms with van der Waals surface area (Å²) in [4.78, 5) is 5.65. The SMILES string of the molecule is CN1CCNCC1CNCCc1ccc[nH]1. The molecule has 1 aliphatic rings. The fourth-order valence-electron chi connectivity index (χ4n) is 2.11. The molecule has 1 unspecified atom stereocenters. The number of aromatic nitrogens is 1. The fourth-order valence-corrected chi connectivity index (χ4v) is 2.11. The van der Waals surface area contributed by atoms with E-state index in [0.29, 0.717) is 6.04 Å². The predicted molar refractivity (Wildman–Crippen MR) is 66.7 cm³/mol. The van der Waals surface area contributed by atoms with Gasteiger partial charge >= 0.3 is 0 Å². The Morgan fingerprint density at radius 2 is 2.50 bits per heavy atom. The third-order valence-electron chi connectivity index (χ3n) is 3.26. The van der Waals surface area contributed by atoms with Crippen LogP contribution >= 0.6 is 0 Å². The van der Waals surface area contributed by atoms with Crippen LogP contribution in [0, 0.1) is 0 Å². The highest BCUT2D eigenvalue weighted by molar-refractivity contribution is 5.03. The van der Waals surface area contributed by atoms with Crippen LogP contribution in [0.15, 0.2) is 18.3 Å². The van der Waals surface area contributed by atoms with Crippen LogP contribution in [0.5, 0.6) is 0 Å². The van der Waals surface area contributed by atoms with Gasteiger partial charge in [0.05, 0.1) is 0 Å². The second-order valence-electron chi connectivity index (χ2n) is 4.49. The van der Waals surface area contributed by atoms with Crippen LogP contribution in [0.1, 0.15) is 5.69 Å². The number of nitrogens with zero attached hydrogens (tertiary/aromatic N) is 1. The molecule has 1 fully saturated rings. The molecule has 0 saturated carbocycles. The van der Waals surface area contributed by atoms with Crippen molar-refractivity contribution in [3.63, 3.8) is 0 Å². The van der Waals surface area contributed by atoms with E-state index in [2.05, 4.69) is 33.6 Å². The maximum absolute atomic E-state index is 3.52. The van der Waals surface area contributed by atoms with E-state index >= 15 is 0 Å². The summed E-state index contributed by atoms with van der Waals surface area (Å²) < 4.78 is 0. The topological polar surface area (TPSA) is 43.1 Å². The number of likely N-dealkylation sites (N-methyl/N-ethyl adjacent to an activating group) is 1. The molecule has 0 aliphatic carbocycles. The molecule has 0 radical (unpaired) electrons. The van der Waals surface area contributed by atoms with Crippen LogP contribution in [0.25, 0.3) is 0 Å². The molecule has 3 N–H and O–H groups in total. The minimum absolute atomic E-state index is 0.636. The number of H-pyrrole nitrogens is 1. The highest BCUT2D eigenvalue weighted by Gasteiger charge is 2.17. The molecule has 2 heterocycles. The lowest BCUT2D eigenvalue weighted by molar-refractivity contribution is 0.196. The molecule has 16 heavy (non-hydrogen) atoms. The molecule has 90 valence electrons. The smallest absolute Gasteiger partial charge is 0.0342 e. The second-order valence-corrected chi connectivity index (χ2v) is 4.49. The molecule has 0 bridgehead atoms. The average Bonchev–Trinajstić information content (AvgIpc) is 2.79. The van der Waals surface area contributed by atoms with Crippen molar-refractivity contribution < 1.29 is 0 Å². The molecule has 1 aromatic rings. The van der Waals surface area contributed by atoms with Crippen molar-refractivity contribution in [2.75, 3.05) is 39.8 Å². The third kappa shape index (κ3) is 3.33. The van der Waals surface area contributed by atoms with E-state index in [-0.39, 0.29) is 0 Å². The van der Waals surface area contributed by atoms with Crippen molar-refractivity contribution in [1.29, 1.82) is 0 Å². The fraction of sp³-hybridized carbons (Fsp3) is 0.667. The third-order valence-corrected chi connectivity index (χ3v) is 3.26. The van der Waals surface area contributed by atoms with Gasteiger partial charge < -0.3 is 15.6 Å². The second kappa shape index (κ2) is 6.03. The summed E-state index contributed by atoms with van der Waals surface area (Å²) in [6.45, 7) is 5.50. The summed E-state index contributed by atoms with van der Waals surface area (Å²) in [5.41, 5.74) is 1.31. The van der Waals surface area contributed by atoms with Gasteiger partial charge in [-0.3, -0.25) is 4.90 Å². The highest BCUT2D eigenvalue weighted by Crippen LogP contribution is 1.98. The van der Waals surface area contributed by atoms with Crippen LogP contribution in [-0.2, 0) is 6.42 Å². The van der Waals surface area contributed by atoms with Crippen LogP contribution in [-0.4, -0.2) is 55.7 Å². The first kappa shape index (κ1) is 11.6. The Bertz CT molecular complexity index is 283. The van der Waals surface area contributed by atoms with Crippen molar-refractivity contribution in [3.05, 3.63) is 24.0 Å². The Labute approximate surface area is 97.4 Å². The Morgan fingerprint density at radius 1 is 1.56 bits per heavy atom. The molecule has 1 atom stereocenters. The Morgan fingerprint density at radius 3 is 3.25 bits per heavy atom. The highest BCUT2D eigenvalue weighted by atomic mass is 15.2. The minimum Gasteiger partial charge on any atom is -0.365 e. The van der Waals surface area contributed by atoms with Gasteiger partial charge in [0.25, 0.3) is 0 Å². The van der Waals surface area contributed by atoms with Gasteiger partial charge in [-0.2, -0.15) is 0 Å². The van der Waals surface area contributed by atoms with Gasteiger partial charge in [-0.25, -0.2) is 0 Å². The molecular weight excluding hydrogens is 200 g/mol. The number of hydrogen-bond acceptors (Lipinski definition) is 3. The van der Waals surface area contributed by atoms with E-state index in [1.165, 1.54) is 5.69 Å². The molecule has 2 rings (SSSR count). The zero-order chi connectivity index (χ0) is 11.2. The van der Waals surface area contributed by atoms with Crippen LogP contribution in [0.4, 0.5) is 0 Å². The van der Waals surface area contributed by atoms with Gasteiger partial charge in [-0.1, -0.05) is 0 Å². The van der Waals surface area contributed by atoms with Crippen molar-refractivity contribution in [2.45, 2.75) is 12.5 Å². The average molecular weight is 222 g/mol. The Hall–Kier alpha value is -0.840. The number of aromatic amines is 1. The van der Waals surface area contributed by atoms with Crippen molar-refractivity contribution in [3.8, 4) is 0 Å². The lowest BCUT2D eigenvalue weighted by Gasteiger charge is -2.33. The van der Waals surface area contributed by atoms with E-state index in [1.54, 1.807) is 0 Å². The van der Waals surface area contributed by atoms with Gasteiger partial charge in [0.2, 0.25) is 0 Å². The van der Waals surface area contributed by atoms with Gasteiger partial charge in [0.1, 0.15) is 0 Å². The molecule has 4 heteroatoms. The number of hydrogen-bond donors (Lipinski definition) is 3. The minimum atomic E-state index is 0.636. The van der Waals surface area contributed by atoms with E-state index in [1.807, 2.05) is 12.3 Å². The van der Waals surface area contributed by atoms with Gasteiger partial charge in [0, 0.05) is 50.7 Å². The van der Waals surface area contributed by atoms with E-state index in [0.717, 1.165) is 39.1 Å². The van der Waals surface area contributed by atoms with E-state index in [4.69, 9.17) is 0 Å². The molecule has 1 aromatic heterocycles. The quantitative estimate of drug-likeness (QED) is 0.617. The predicted octanol–water partition coefficient (Wildman–Crippen LogP) is 0.0504. The molecular formula is C12H22N4. The first-order valence-electron chi connectivity index (χ1n) is 6.10. The monoisotopic (exact) mass is 222 g/mol. The number of piperazine rings is 1. The molecule has 0 amide bonds. The zero-order valence-corrected chi connectivity index (χ0v) is 10.00. The van der Waals surface area contributed by atoms with E-state index in [9.17, 15) is 0 Å². The summed E-state index contributed by atoms with van der Waals surface area (Å²) in [5, 5.41) is 6.95. The summed E-state index contributed by atoms with van der Waals surface area (Å²) in [5.74, 6) is 0. The Kier molecular flexibility index (Phi) is 4.39. The Balaban J connectivity index is 1.60. The molecule has 4 nitrogen and oxygen atoms in total. The number of rotatable bonds is 5. The normalized spacial score (nSPS) is 22.4. The van der Waals surface area contributed by atoms with Crippen LogP contribution in [0.3, 0.4) is 0 Å². The molecule has 1 aliphatic heterocycles. The lowest BCUT2D eigenvalue weighted by atomic mass is 10.2. The van der Waals surface area contributed by atoms with Crippen molar-refractivity contribution >= 4 is 0 Å². The lowest BCUT2D eigenvalue weighted by Crippen LogP contribution is -2.53. The van der Waals surface area contributed by atoms with Crippen molar-refractivity contribution in [2.24, 2.45) is 0 Å². The van der Waals surface area contributed by atoms with Gasteiger partial charge in [0.15, 0.2) is 0 Å². The molecule has 0 aromatic carbocycles. The maximum atomic E-state index is 3.52. The summed E-state index contributed by atoms with van der Waals surface area (Å²) in [6, 6.07) is 4.82. The standard InChI is InChI=1S/C12H22N4/c1-16-8-7-14-10-12(16)9-13-6-4-11-3-2-5-15-11/h2-3,5,12-15H,4,6-10H2,1H3. The van der Waals surface area contributed by atoms with Crippen LogP contribution in [0.2, 0.25) is 0 Å². The molecule has 1 saturated heterocycles. The van der Waals surface area contributed by atoms with Gasteiger partial charge in [-0.15, -0.1) is 0 Å². The van der Waals surface area contributed by atoms with Crippen LogP contribution < -0.4 is 10.6 Å². The largest absolute Gasteiger partial charge is 0.365 e. The van der Waals surface area contributed by atoms with Gasteiger partial charge in [-0.05, 0) is 25.6 Å². The summed E-state index contributed by atoms with van der Waals surface area (Å²) in [7, 11) is 2.21. The first-order chi connectivity index (χ1) is 7.86. The maximum Gasteiger partial charge on any atom is 0.0342 e. The first-order valence-corrected chi connectivity index (χ1v) is 6.10. The summed E-state index contributed by atoms with van der Waals surface area (Å²) >= 11 is 0.